The Morgan fingerprint density at radius 2 is 1.05 bits per heavy atom. The molecule has 0 bridgehead atoms. The van der Waals surface area contributed by atoms with Crippen molar-refractivity contribution in [3.05, 3.63) is 0 Å². The lowest BCUT2D eigenvalue weighted by molar-refractivity contribution is -0.141. The van der Waals surface area contributed by atoms with Gasteiger partial charge in [0.15, 0.2) is 0 Å². The number of carbonyl (C=O) groups excluding carboxylic acids is 2. The molecule has 0 aliphatic rings. The van der Waals surface area contributed by atoms with Crippen LogP contribution in [-0.2, 0) is 9.59 Å². The van der Waals surface area contributed by atoms with E-state index in [0.717, 1.165) is 0 Å². The monoisotopic (exact) mass is 288 g/mol. The van der Waals surface area contributed by atoms with E-state index in [1.54, 1.807) is 0 Å². The number of rotatable bonds is 4. The molecule has 0 aromatic carbocycles. The van der Waals surface area contributed by atoms with Crippen molar-refractivity contribution in [3.8, 4) is 0 Å². The first-order chi connectivity index (χ1) is 8.93. The summed E-state index contributed by atoms with van der Waals surface area (Å²) in [6.07, 6.45) is 0. The molecule has 0 aromatic heterocycles. The third-order valence-electron chi connectivity index (χ3n) is 3.27. The molecule has 0 aliphatic carbocycles. The summed E-state index contributed by atoms with van der Waals surface area (Å²) >= 11 is 0. The van der Waals surface area contributed by atoms with Gasteiger partial charge in [-0.3, -0.25) is 9.59 Å². The number of nitrogens with one attached hydrogen (secondary N) is 2. The second-order valence-electron chi connectivity index (χ2n) is 7.15. The number of hydrogen-bond acceptors (Lipinski definition) is 4. The second kappa shape index (κ2) is 7.04. The molecule has 4 N–H and O–H groups in total. The summed E-state index contributed by atoms with van der Waals surface area (Å²) < 4.78 is 0. The Morgan fingerprint density at radius 3 is 1.20 bits per heavy atom. The minimum Gasteiger partial charge on any atom is -0.394 e. The number of amides is 2. The lowest BCUT2D eigenvalue weighted by atomic mass is 9.86. The molecule has 0 rings (SSSR count). The molecular formula is C14H28N2O4. The predicted octanol–water partition coefficient (Wildman–Crippen LogP) is 0.0328. The lowest BCUT2D eigenvalue weighted by Crippen LogP contribution is -2.55. The van der Waals surface area contributed by atoms with Crippen molar-refractivity contribution in [3.63, 3.8) is 0 Å². The Hall–Kier alpha value is -1.14. The van der Waals surface area contributed by atoms with Gasteiger partial charge in [-0.05, 0) is 10.8 Å². The van der Waals surface area contributed by atoms with Crippen molar-refractivity contribution >= 4 is 11.8 Å². The quantitative estimate of drug-likeness (QED) is 0.549. The van der Waals surface area contributed by atoms with Crippen LogP contribution in [0.2, 0.25) is 0 Å². The Bertz CT molecular complexity index is 308. The summed E-state index contributed by atoms with van der Waals surface area (Å²) in [4.78, 5) is 23.6. The van der Waals surface area contributed by atoms with Crippen molar-refractivity contribution in [2.45, 2.75) is 53.6 Å². The van der Waals surface area contributed by atoms with E-state index in [0.29, 0.717) is 0 Å². The molecule has 0 unspecified atom stereocenters. The summed E-state index contributed by atoms with van der Waals surface area (Å²) in [5.41, 5.74) is -0.712. The summed E-state index contributed by atoms with van der Waals surface area (Å²) in [5.74, 6) is -1.61. The highest BCUT2D eigenvalue weighted by Crippen LogP contribution is 2.19. The molecule has 0 fully saturated rings. The van der Waals surface area contributed by atoms with E-state index in [2.05, 4.69) is 10.6 Å². The maximum Gasteiger partial charge on any atom is 0.309 e. The number of hydrogen-bond donors (Lipinski definition) is 4. The molecule has 0 aliphatic heterocycles. The fraction of sp³-hybridized carbons (Fsp3) is 0.857. The first-order valence-corrected chi connectivity index (χ1v) is 6.76. The first kappa shape index (κ1) is 18.9. The number of carbonyl (C=O) groups is 2. The summed E-state index contributed by atoms with van der Waals surface area (Å²) in [6.45, 7) is 10.7. The molecule has 0 aromatic rings. The van der Waals surface area contributed by atoms with Crippen LogP contribution in [-0.4, -0.2) is 47.3 Å². The van der Waals surface area contributed by atoms with Gasteiger partial charge in [-0.2, -0.15) is 0 Å². The summed E-state index contributed by atoms with van der Waals surface area (Å²) in [5, 5.41) is 23.5. The van der Waals surface area contributed by atoms with Crippen LogP contribution >= 0.6 is 0 Å². The van der Waals surface area contributed by atoms with E-state index in [1.165, 1.54) is 0 Å². The van der Waals surface area contributed by atoms with Gasteiger partial charge in [-0.25, -0.2) is 0 Å². The van der Waals surface area contributed by atoms with E-state index in [4.69, 9.17) is 0 Å². The van der Waals surface area contributed by atoms with Crippen molar-refractivity contribution in [2.24, 2.45) is 10.8 Å². The number of aliphatic hydroxyl groups excluding tert-OH is 2. The van der Waals surface area contributed by atoms with Crippen LogP contribution in [0, 0.1) is 10.8 Å². The normalized spacial score (nSPS) is 15.4. The third-order valence-corrected chi connectivity index (χ3v) is 3.27. The fourth-order valence-corrected chi connectivity index (χ4v) is 1.52. The Morgan fingerprint density at radius 1 is 0.800 bits per heavy atom. The van der Waals surface area contributed by atoms with Gasteiger partial charge in [-0.1, -0.05) is 41.5 Å². The molecule has 2 atom stereocenters. The predicted molar refractivity (Wildman–Crippen MR) is 76.9 cm³/mol. The van der Waals surface area contributed by atoms with Gasteiger partial charge in [0.25, 0.3) is 0 Å². The van der Waals surface area contributed by atoms with Crippen LogP contribution in [0.1, 0.15) is 41.5 Å². The smallest absolute Gasteiger partial charge is 0.309 e. The maximum atomic E-state index is 11.8. The molecule has 0 spiro atoms. The SMILES string of the molecule is CC(C)(C)[C@@H](CO)NC(=O)C(=O)N[C@H](CO)C(C)(C)C. The first-order valence-electron chi connectivity index (χ1n) is 6.76. The van der Waals surface area contributed by atoms with Crippen LogP contribution in [0.5, 0.6) is 0 Å². The van der Waals surface area contributed by atoms with Crippen LogP contribution in [0.25, 0.3) is 0 Å². The molecule has 0 radical (unpaired) electrons. The highest BCUT2D eigenvalue weighted by atomic mass is 16.3. The van der Waals surface area contributed by atoms with Crippen molar-refractivity contribution in [1.29, 1.82) is 0 Å². The van der Waals surface area contributed by atoms with Gasteiger partial charge < -0.3 is 20.8 Å². The van der Waals surface area contributed by atoms with E-state index >= 15 is 0 Å². The molecule has 0 saturated heterocycles. The Kier molecular flexibility index (Phi) is 6.64. The van der Waals surface area contributed by atoms with Crippen LogP contribution in [0.4, 0.5) is 0 Å². The van der Waals surface area contributed by atoms with E-state index in [-0.39, 0.29) is 24.0 Å². The zero-order valence-electron chi connectivity index (χ0n) is 13.3. The van der Waals surface area contributed by atoms with E-state index in [9.17, 15) is 19.8 Å². The van der Waals surface area contributed by atoms with Crippen LogP contribution in [0.3, 0.4) is 0 Å². The average molecular weight is 288 g/mol. The van der Waals surface area contributed by atoms with E-state index in [1.807, 2.05) is 41.5 Å². The molecule has 20 heavy (non-hydrogen) atoms. The average Bonchev–Trinajstić information content (AvgIpc) is 2.28. The van der Waals surface area contributed by atoms with Crippen LogP contribution in [0.15, 0.2) is 0 Å². The Balaban J connectivity index is 4.68. The van der Waals surface area contributed by atoms with Gasteiger partial charge in [0.2, 0.25) is 0 Å². The van der Waals surface area contributed by atoms with Gasteiger partial charge in [-0.15, -0.1) is 0 Å². The molecule has 6 heteroatoms. The van der Waals surface area contributed by atoms with Gasteiger partial charge >= 0.3 is 11.8 Å². The van der Waals surface area contributed by atoms with Crippen molar-refractivity contribution in [1.82, 2.24) is 10.6 Å². The maximum absolute atomic E-state index is 11.8. The van der Waals surface area contributed by atoms with Gasteiger partial charge in [0.1, 0.15) is 0 Å². The van der Waals surface area contributed by atoms with Crippen molar-refractivity contribution in [2.75, 3.05) is 13.2 Å². The second-order valence-corrected chi connectivity index (χ2v) is 7.15. The zero-order chi connectivity index (χ0) is 16.1. The minimum absolute atomic E-state index is 0.245. The van der Waals surface area contributed by atoms with Crippen LogP contribution < -0.4 is 10.6 Å². The van der Waals surface area contributed by atoms with Gasteiger partial charge in [0, 0.05) is 0 Å². The minimum atomic E-state index is -0.804. The lowest BCUT2D eigenvalue weighted by Gasteiger charge is -2.31. The molecule has 2 amide bonds. The topological polar surface area (TPSA) is 98.7 Å². The molecular weight excluding hydrogens is 260 g/mol. The van der Waals surface area contributed by atoms with Crippen molar-refractivity contribution < 1.29 is 19.8 Å². The standard InChI is InChI=1S/C14H28N2O4/c1-13(2,3)9(7-17)15-11(19)12(20)16-10(8-18)14(4,5)6/h9-10,17-18H,7-8H2,1-6H3,(H,15,19)(H,16,20)/t9-,10-/m1/s1. The Labute approximate surface area is 120 Å². The molecule has 6 nitrogen and oxygen atoms in total. The summed E-state index contributed by atoms with van der Waals surface area (Å²) in [6, 6.07) is -1.02. The highest BCUT2D eigenvalue weighted by Gasteiger charge is 2.31. The van der Waals surface area contributed by atoms with Gasteiger partial charge in [0.05, 0.1) is 25.3 Å². The largest absolute Gasteiger partial charge is 0.394 e. The number of aliphatic hydroxyl groups is 2. The zero-order valence-corrected chi connectivity index (χ0v) is 13.3. The molecule has 0 heterocycles. The summed E-state index contributed by atoms with van der Waals surface area (Å²) in [7, 11) is 0. The third kappa shape index (κ3) is 5.88. The van der Waals surface area contributed by atoms with E-state index < -0.39 is 23.9 Å². The highest BCUT2D eigenvalue weighted by molar-refractivity contribution is 6.35. The fourth-order valence-electron chi connectivity index (χ4n) is 1.52. The molecule has 0 saturated carbocycles. The molecule has 118 valence electrons.